The first-order chi connectivity index (χ1) is 4.57. The normalized spacial score (nSPS) is 12.6. The molecule has 3 heteroatoms. The van der Waals surface area contributed by atoms with Crippen LogP contribution in [0.25, 0.3) is 0 Å². The number of Topliss-reactive ketones (excluding diaryl/α,β-unsaturated/α-hetero) is 1. The first-order valence-electron chi connectivity index (χ1n) is 3.30. The first-order valence-corrected chi connectivity index (χ1v) is 3.30. The molecular formula is C7H12O3. The van der Waals surface area contributed by atoms with Crippen LogP contribution in [-0.4, -0.2) is 16.9 Å². The van der Waals surface area contributed by atoms with Gasteiger partial charge in [-0.15, -0.1) is 0 Å². The maximum absolute atomic E-state index is 10.5. The zero-order valence-electron chi connectivity index (χ0n) is 6.26. The van der Waals surface area contributed by atoms with Crippen molar-refractivity contribution in [2.45, 2.75) is 26.7 Å². The van der Waals surface area contributed by atoms with Gasteiger partial charge in [-0.05, 0) is 13.3 Å². The zero-order chi connectivity index (χ0) is 8.15. The lowest BCUT2D eigenvalue weighted by molar-refractivity contribution is -0.143. The number of carbonyl (C=O) groups excluding carboxylic acids is 1. The van der Waals surface area contributed by atoms with Crippen molar-refractivity contribution in [3.8, 4) is 0 Å². The molecule has 1 N–H and O–H groups in total. The van der Waals surface area contributed by atoms with Crippen LogP contribution in [0, 0.1) is 5.92 Å². The summed E-state index contributed by atoms with van der Waals surface area (Å²) in [6.45, 7) is 3.17. The van der Waals surface area contributed by atoms with Crippen LogP contribution < -0.4 is 0 Å². The average molecular weight is 144 g/mol. The fraction of sp³-hybridized carbons (Fsp3) is 0.714. The minimum absolute atomic E-state index is 0.0609. The van der Waals surface area contributed by atoms with Crippen molar-refractivity contribution in [2.75, 3.05) is 0 Å². The van der Waals surface area contributed by atoms with Gasteiger partial charge in [0.1, 0.15) is 5.78 Å². The average Bonchev–Trinajstić information content (AvgIpc) is 1.81. The Hall–Kier alpha value is -0.860. The molecule has 0 heterocycles. The van der Waals surface area contributed by atoms with Gasteiger partial charge in [-0.3, -0.25) is 4.79 Å². The minimum atomic E-state index is -0.877. The second-order valence-electron chi connectivity index (χ2n) is 2.35. The van der Waals surface area contributed by atoms with Gasteiger partial charge in [-0.25, -0.2) is 0 Å². The van der Waals surface area contributed by atoms with Crippen molar-refractivity contribution >= 4 is 11.8 Å². The molecule has 0 rings (SSSR count). The molecule has 1 unspecified atom stereocenters. The zero-order valence-corrected chi connectivity index (χ0v) is 6.26. The molecular weight excluding hydrogens is 132 g/mol. The fourth-order valence-corrected chi connectivity index (χ4v) is 0.753. The number of hydrogen-bond donors (Lipinski definition) is 1. The molecule has 0 aromatic carbocycles. The lowest BCUT2D eigenvalue weighted by atomic mass is 10.0. The number of rotatable bonds is 4. The van der Waals surface area contributed by atoms with Gasteiger partial charge in [0.2, 0.25) is 0 Å². The predicted molar refractivity (Wildman–Crippen MR) is 36.7 cm³/mol. The van der Waals surface area contributed by atoms with Crippen LogP contribution in [-0.2, 0) is 9.59 Å². The van der Waals surface area contributed by atoms with Gasteiger partial charge in [0, 0.05) is 6.42 Å². The standard InChI is InChI=1S/C7H12O3/c1-3-6(7(9)10)4-5(2)8/h6H,3-4H2,1-2H3,(H,9,10). The Morgan fingerprint density at radius 1 is 1.50 bits per heavy atom. The van der Waals surface area contributed by atoms with Crippen LogP contribution in [0.4, 0.5) is 0 Å². The molecule has 0 aromatic heterocycles. The Morgan fingerprint density at radius 2 is 2.00 bits per heavy atom. The summed E-state index contributed by atoms with van der Waals surface area (Å²) >= 11 is 0. The second-order valence-corrected chi connectivity index (χ2v) is 2.35. The first kappa shape index (κ1) is 9.14. The molecule has 3 nitrogen and oxygen atoms in total. The van der Waals surface area contributed by atoms with Gasteiger partial charge in [0.15, 0.2) is 0 Å². The van der Waals surface area contributed by atoms with Crippen molar-refractivity contribution in [2.24, 2.45) is 5.92 Å². The van der Waals surface area contributed by atoms with Crippen LogP contribution in [0.3, 0.4) is 0 Å². The maximum Gasteiger partial charge on any atom is 0.306 e. The number of carboxylic acid groups (broad SMARTS) is 1. The van der Waals surface area contributed by atoms with Crippen LogP contribution in [0.1, 0.15) is 26.7 Å². The highest BCUT2D eigenvalue weighted by molar-refractivity contribution is 5.81. The van der Waals surface area contributed by atoms with Crippen molar-refractivity contribution in [3.63, 3.8) is 0 Å². The third-order valence-corrected chi connectivity index (χ3v) is 1.38. The molecule has 10 heavy (non-hydrogen) atoms. The highest BCUT2D eigenvalue weighted by atomic mass is 16.4. The summed E-state index contributed by atoms with van der Waals surface area (Å²) < 4.78 is 0. The molecule has 0 spiro atoms. The number of ketones is 1. The van der Waals surface area contributed by atoms with E-state index < -0.39 is 11.9 Å². The quantitative estimate of drug-likeness (QED) is 0.642. The summed E-state index contributed by atoms with van der Waals surface area (Å²) in [6.07, 6.45) is 0.681. The maximum atomic E-state index is 10.5. The summed E-state index contributed by atoms with van der Waals surface area (Å²) in [5.74, 6) is -1.43. The Labute approximate surface area is 60.0 Å². The second kappa shape index (κ2) is 4.04. The van der Waals surface area contributed by atoms with E-state index in [4.69, 9.17) is 5.11 Å². The topological polar surface area (TPSA) is 54.4 Å². The molecule has 0 aromatic rings. The van der Waals surface area contributed by atoms with Gasteiger partial charge in [-0.2, -0.15) is 0 Å². The van der Waals surface area contributed by atoms with Crippen molar-refractivity contribution in [3.05, 3.63) is 0 Å². The van der Waals surface area contributed by atoms with Crippen LogP contribution in [0.5, 0.6) is 0 Å². The van der Waals surface area contributed by atoms with Gasteiger partial charge >= 0.3 is 5.97 Å². The number of aliphatic carboxylic acids is 1. The van der Waals surface area contributed by atoms with E-state index in [1.807, 2.05) is 0 Å². The molecule has 0 saturated carbocycles. The van der Waals surface area contributed by atoms with Crippen molar-refractivity contribution in [1.82, 2.24) is 0 Å². The Bertz CT molecular complexity index is 140. The van der Waals surface area contributed by atoms with E-state index in [0.29, 0.717) is 6.42 Å². The van der Waals surface area contributed by atoms with Gasteiger partial charge < -0.3 is 9.90 Å². The van der Waals surface area contributed by atoms with Crippen molar-refractivity contribution in [1.29, 1.82) is 0 Å². The van der Waals surface area contributed by atoms with Gasteiger partial charge in [0.25, 0.3) is 0 Å². The van der Waals surface area contributed by atoms with Crippen LogP contribution in [0.2, 0.25) is 0 Å². The van der Waals surface area contributed by atoms with Gasteiger partial charge in [0.05, 0.1) is 5.92 Å². The SMILES string of the molecule is CCC(CC(C)=O)C(=O)O. The highest BCUT2D eigenvalue weighted by Crippen LogP contribution is 2.07. The number of carbonyl (C=O) groups is 2. The highest BCUT2D eigenvalue weighted by Gasteiger charge is 2.16. The third-order valence-electron chi connectivity index (χ3n) is 1.38. The monoisotopic (exact) mass is 144 g/mol. The van der Waals surface area contributed by atoms with E-state index in [2.05, 4.69) is 0 Å². The molecule has 0 amide bonds. The van der Waals surface area contributed by atoms with E-state index in [1.54, 1.807) is 6.92 Å². The molecule has 0 bridgehead atoms. The third kappa shape index (κ3) is 3.22. The summed E-state index contributed by atoms with van der Waals surface area (Å²) in [6, 6.07) is 0. The molecule has 0 saturated heterocycles. The minimum Gasteiger partial charge on any atom is -0.481 e. The lowest BCUT2D eigenvalue weighted by Crippen LogP contribution is -2.15. The van der Waals surface area contributed by atoms with E-state index in [0.717, 1.165) is 0 Å². The molecule has 0 aliphatic rings. The van der Waals surface area contributed by atoms with E-state index in [9.17, 15) is 9.59 Å². The Morgan fingerprint density at radius 3 is 2.10 bits per heavy atom. The summed E-state index contributed by atoms with van der Waals surface area (Å²) in [4.78, 5) is 20.8. The molecule has 0 radical (unpaired) electrons. The molecule has 0 aliphatic heterocycles. The number of hydrogen-bond acceptors (Lipinski definition) is 2. The Kier molecular flexibility index (Phi) is 3.69. The molecule has 0 fully saturated rings. The predicted octanol–water partition coefficient (Wildman–Crippen LogP) is 1.08. The summed E-state index contributed by atoms with van der Waals surface area (Å²) in [5, 5.41) is 8.47. The van der Waals surface area contributed by atoms with E-state index in [1.165, 1.54) is 6.92 Å². The molecule has 1 atom stereocenters. The number of carboxylic acids is 1. The van der Waals surface area contributed by atoms with E-state index in [-0.39, 0.29) is 12.2 Å². The fourth-order valence-electron chi connectivity index (χ4n) is 0.753. The summed E-state index contributed by atoms with van der Waals surface area (Å²) in [5.41, 5.74) is 0. The van der Waals surface area contributed by atoms with Crippen LogP contribution >= 0.6 is 0 Å². The largest absolute Gasteiger partial charge is 0.481 e. The van der Waals surface area contributed by atoms with Crippen molar-refractivity contribution < 1.29 is 14.7 Å². The smallest absolute Gasteiger partial charge is 0.306 e. The Balaban J connectivity index is 3.83. The summed E-state index contributed by atoms with van der Waals surface area (Å²) in [7, 11) is 0. The van der Waals surface area contributed by atoms with Crippen LogP contribution in [0.15, 0.2) is 0 Å². The molecule has 0 aliphatic carbocycles. The van der Waals surface area contributed by atoms with E-state index >= 15 is 0 Å². The lowest BCUT2D eigenvalue weighted by Gasteiger charge is -2.04. The van der Waals surface area contributed by atoms with Gasteiger partial charge in [-0.1, -0.05) is 6.92 Å². The molecule has 58 valence electrons.